The van der Waals surface area contributed by atoms with Crippen molar-refractivity contribution in [1.29, 1.82) is 0 Å². The van der Waals surface area contributed by atoms with Crippen molar-refractivity contribution in [2.75, 3.05) is 5.88 Å². The Kier molecular flexibility index (Phi) is 5.71. The minimum absolute atomic E-state index is 0.0870. The number of aromatic carboxylic acids is 1. The van der Waals surface area contributed by atoms with Gasteiger partial charge in [0.15, 0.2) is 0 Å². The number of rotatable bonds is 5. The molecule has 2 aromatic rings. The Balaban J connectivity index is 2.35. The summed E-state index contributed by atoms with van der Waals surface area (Å²) in [4.78, 5) is 17.0. The molecular formula is C15H12Cl2N2O2S. The molecule has 0 aromatic heterocycles. The third kappa shape index (κ3) is 4.40. The van der Waals surface area contributed by atoms with Gasteiger partial charge in [-0.3, -0.25) is 0 Å². The van der Waals surface area contributed by atoms with Crippen molar-refractivity contribution in [2.24, 2.45) is 10.7 Å². The van der Waals surface area contributed by atoms with Gasteiger partial charge in [0.25, 0.3) is 0 Å². The lowest BCUT2D eigenvalue weighted by molar-refractivity contribution is 0.0693. The smallest absolute Gasteiger partial charge is 0.336 e. The topological polar surface area (TPSA) is 75.7 Å². The standard InChI is InChI=1S/C15H12Cl2N2O2S/c16-8-14(18)19-10-3-6-13(12(7-10)15(20)21)22-11-4-1-9(17)2-5-11/h1-7H,8H2,(H2,18,19)(H,20,21). The van der Waals surface area contributed by atoms with Crippen LogP contribution in [0.4, 0.5) is 5.69 Å². The zero-order valence-corrected chi connectivity index (χ0v) is 13.6. The highest BCUT2D eigenvalue weighted by Crippen LogP contribution is 2.33. The lowest BCUT2D eigenvalue weighted by atomic mass is 10.2. The van der Waals surface area contributed by atoms with E-state index in [1.165, 1.54) is 17.8 Å². The van der Waals surface area contributed by atoms with Crippen LogP contribution in [0.5, 0.6) is 0 Å². The number of halogens is 2. The van der Waals surface area contributed by atoms with E-state index in [9.17, 15) is 9.90 Å². The third-order valence-corrected chi connectivity index (χ3v) is 4.25. The zero-order chi connectivity index (χ0) is 16.1. The number of benzene rings is 2. The van der Waals surface area contributed by atoms with E-state index < -0.39 is 5.97 Å². The predicted molar refractivity (Wildman–Crippen MR) is 91.0 cm³/mol. The molecule has 0 spiro atoms. The summed E-state index contributed by atoms with van der Waals surface area (Å²) in [7, 11) is 0. The summed E-state index contributed by atoms with van der Waals surface area (Å²) in [6.07, 6.45) is 0. The highest BCUT2D eigenvalue weighted by atomic mass is 35.5. The quantitative estimate of drug-likeness (QED) is 0.473. The minimum Gasteiger partial charge on any atom is -0.478 e. The maximum Gasteiger partial charge on any atom is 0.336 e. The molecule has 0 bridgehead atoms. The number of aliphatic imine (C=N–C) groups is 1. The Morgan fingerprint density at radius 3 is 2.50 bits per heavy atom. The molecule has 0 aliphatic carbocycles. The zero-order valence-electron chi connectivity index (χ0n) is 11.3. The summed E-state index contributed by atoms with van der Waals surface area (Å²) < 4.78 is 0. The molecule has 22 heavy (non-hydrogen) atoms. The maximum atomic E-state index is 11.4. The van der Waals surface area contributed by atoms with Crippen LogP contribution in [-0.2, 0) is 0 Å². The molecule has 0 saturated heterocycles. The summed E-state index contributed by atoms with van der Waals surface area (Å²) in [5.41, 5.74) is 6.17. The normalized spacial score (nSPS) is 11.5. The summed E-state index contributed by atoms with van der Waals surface area (Å²) in [6, 6.07) is 12.0. The second-order valence-electron chi connectivity index (χ2n) is 4.28. The summed E-state index contributed by atoms with van der Waals surface area (Å²) in [5, 5.41) is 9.99. The fourth-order valence-corrected chi connectivity index (χ4v) is 2.77. The molecule has 0 fully saturated rings. The molecule has 0 saturated carbocycles. The monoisotopic (exact) mass is 354 g/mol. The first kappa shape index (κ1) is 16.7. The van der Waals surface area contributed by atoms with Gasteiger partial charge in [0, 0.05) is 14.8 Å². The fraction of sp³-hybridized carbons (Fsp3) is 0.0667. The second kappa shape index (κ2) is 7.54. The second-order valence-corrected chi connectivity index (χ2v) is 6.10. The SMILES string of the molecule is NC(CCl)=Nc1ccc(Sc2ccc(Cl)cc2)c(C(=O)O)c1. The molecule has 114 valence electrons. The molecule has 0 radical (unpaired) electrons. The van der Waals surface area contributed by atoms with Gasteiger partial charge in [0.05, 0.1) is 17.1 Å². The van der Waals surface area contributed by atoms with Crippen LogP contribution in [0.15, 0.2) is 57.2 Å². The van der Waals surface area contributed by atoms with Crippen LogP contribution in [0.2, 0.25) is 5.02 Å². The first-order chi connectivity index (χ1) is 10.5. The van der Waals surface area contributed by atoms with Gasteiger partial charge < -0.3 is 10.8 Å². The number of carboxylic acid groups (broad SMARTS) is 1. The van der Waals surface area contributed by atoms with Crippen LogP contribution in [0.25, 0.3) is 0 Å². The van der Waals surface area contributed by atoms with E-state index in [1.807, 2.05) is 12.1 Å². The van der Waals surface area contributed by atoms with Crippen LogP contribution in [0.3, 0.4) is 0 Å². The lowest BCUT2D eigenvalue weighted by Gasteiger charge is -2.07. The average molecular weight is 355 g/mol. The molecule has 0 aliphatic heterocycles. The van der Waals surface area contributed by atoms with E-state index in [2.05, 4.69) is 4.99 Å². The van der Waals surface area contributed by atoms with Crippen molar-refractivity contribution in [3.8, 4) is 0 Å². The first-order valence-corrected chi connectivity index (χ1v) is 7.92. The van der Waals surface area contributed by atoms with Gasteiger partial charge in [-0.15, -0.1) is 11.6 Å². The van der Waals surface area contributed by atoms with Crippen LogP contribution < -0.4 is 5.73 Å². The summed E-state index contributed by atoms with van der Waals surface area (Å²) in [5.74, 6) is -0.710. The van der Waals surface area contributed by atoms with Crippen molar-refractivity contribution < 1.29 is 9.90 Å². The van der Waals surface area contributed by atoms with Gasteiger partial charge in [0.1, 0.15) is 5.84 Å². The maximum absolute atomic E-state index is 11.4. The predicted octanol–water partition coefficient (Wildman–Crippen LogP) is 4.42. The van der Waals surface area contributed by atoms with E-state index in [0.717, 1.165) is 4.90 Å². The molecule has 3 N–H and O–H groups in total. The Labute approximate surface area is 142 Å². The number of nitrogens with zero attached hydrogens (tertiary/aromatic N) is 1. The largest absolute Gasteiger partial charge is 0.478 e. The average Bonchev–Trinajstić information content (AvgIpc) is 2.50. The van der Waals surface area contributed by atoms with E-state index in [-0.39, 0.29) is 17.3 Å². The van der Waals surface area contributed by atoms with Crippen LogP contribution in [-0.4, -0.2) is 22.8 Å². The fourth-order valence-electron chi connectivity index (χ4n) is 1.67. The van der Waals surface area contributed by atoms with Gasteiger partial charge in [0.2, 0.25) is 0 Å². The number of alkyl halides is 1. The number of nitrogens with two attached hydrogens (primary N) is 1. The van der Waals surface area contributed by atoms with Crippen molar-refractivity contribution in [2.45, 2.75) is 9.79 Å². The Morgan fingerprint density at radius 1 is 1.23 bits per heavy atom. The van der Waals surface area contributed by atoms with Crippen LogP contribution in [0.1, 0.15) is 10.4 Å². The van der Waals surface area contributed by atoms with Crippen molar-refractivity contribution in [3.63, 3.8) is 0 Å². The Hall–Kier alpha value is -1.69. The van der Waals surface area contributed by atoms with E-state index in [1.54, 1.807) is 24.3 Å². The Bertz CT molecular complexity index is 718. The van der Waals surface area contributed by atoms with Crippen LogP contribution >= 0.6 is 35.0 Å². The molecule has 2 rings (SSSR count). The molecule has 0 unspecified atom stereocenters. The Morgan fingerprint density at radius 2 is 1.91 bits per heavy atom. The molecule has 0 atom stereocenters. The lowest BCUT2D eigenvalue weighted by Crippen LogP contribution is -2.12. The number of carbonyl (C=O) groups is 1. The number of hydrogen-bond acceptors (Lipinski definition) is 3. The molecule has 0 heterocycles. The van der Waals surface area contributed by atoms with Crippen molar-refractivity contribution in [3.05, 3.63) is 53.1 Å². The van der Waals surface area contributed by atoms with E-state index in [0.29, 0.717) is 15.6 Å². The molecule has 0 aliphatic rings. The number of amidine groups is 1. The molecule has 4 nitrogen and oxygen atoms in total. The van der Waals surface area contributed by atoms with Gasteiger partial charge in [-0.1, -0.05) is 23.4 Å². The summed E-state index contributed by atoms with van der Waals surface area (Å²) >= 11 is 12.7. The number of hydrogen-bond donors (Lipinski definition) is 2. The minimum atomic E-state index is -1.03. The first-order valence-electron chi connectivity index (χ1n) is 6.19. The van der Waals surface area contributed by atoms with Crippen molar-refractivity contribution in [1.82, 2.24) is 0 Å². The van der Waals surface area contributed by atoms with E-state index in [4.69, 9.17) is 28.9 Å². The molecular weight excluding hydrogens is 343 g/mol. The highest BCUT2D eigenvalue weighted by molar-refractivity contribution is 7.99. The van der Waals surface area contributed by atoms with Gasteiger partial charge in [-0.25, -0.2) is 9.79 Å². The van der Waals surface area contributed by atoms with Crippen LogP contribution in [0, 0.1) is 0 Å². The van der Waals surface area contributed by atoms with Gasteiger partial charge >= 0.3 is 5.97 Å². The van der Waals surface area contributed by atoms with Crippen molar-refractivity contribution >= 4 is 52.5 Å². The third-order valence-electron chi connectivity index (χ3n) is 2.64. The molecule has 0 amide bonds. The summed E-state index contributed by atoms with van der Waals surface area (Å²) in [6.45, 7) is 0. The van der Waals surface area contributed by atoms with Gasteiger partial charge in [-0.05, 0) is 42.5 Å². The van der Waals surface area contributed by atoms with Gasteiger partial charge in [-0.2, -0.15) is 0 Å². The molecule has 2 aromatic carbocycles. The number of carboxylic acids is 1. The highest BCUT2D eigenvalue weighted by Gasteiger charge is 2.12. The molecule has 7 heteroatoms. The van der Waals surface area contributed by atoms with E-state index >= 15 is 0 Å².